The van der Waals surface area contributed by atoms with Gasteiger partial charge in [0.25, 0.3) is 0 Å². The first-order valence-electron chi connectivity index (χ1n) is 10.7. The van der Waals surface area contributed by atoms with Crippen molar-refractivity contribution in [3.05, 3.63) is 72.2 Å². The van der Waals surface area contributed by atoms with Crippen LogP contribution in [0.3, 0.4) is 0 Å². The molecule has 166 valence electrons. The SMILES string of the molecule is Oc1cc(Cc2cnn3c(NC4CC4)cc(Nc4ccc(-n5cccn5)cc4)nc23)c(O)[nH]1. The summed E-state index contributed by atoms with van der Waals surface area (Å²) in [7, 11) is 0. The second-order valence-corrected chi connectivity index (χ2v) is 8.18. The number of anilines is 3. The maximum Gasteiger partial charge on any atom is 0.194 e. The Morgan fingerprint density at radius 3 is 2.61 bits per heavy atom. The molecule has 1 aliphatic carbocycles. The highest BCUT2D eigenvalue weighted by molar-refractivity contribution is 5.66. The molecule has 1 aromatic carbocycles. The van der Waals surface area contributed by atoms with Crippen molar-refractivity contribution in [3.63, 3.8) is 0 Å². The van der Waals surface area contributed by atoms with Crippen molar-refractivity contribution in [1.29, 1.82) is 0 Å². The van der Waals surface area contributed by atoms with Crippen molar-refractivity contribution in [2.24, 2.45) is 0 Å². The number of rotatable bonds is 7. The van der Waals surface area contributed by atoms with E-state index >= 15 is 0 Å². The van der Waals surface area contributed by atoms with Gasteiger partial charge in [-0.1, -0.05) is 0 Å². The smallest absolute Gasteiger partial charge is 0.194 e. The van der Waals surface area contributed by atoms with Gasteiger partial charge in [0.1, 0.15) is 11.6 Å². The monoisotopic (exact) mass is 442 g/mol. The minimum atomic E-state index is -0.0797. The lowest BCUT2D eigenvalue weighted by atomic mass is 10.1. The molecule has 0 unspecified atom stereocenters. The number of hydrogen-bond donors (Lipinski definition) is 5. The van der Waals surface area contributed by atoms with Gasteiger partial charge in [-0.25, -0.2) is 9.67 Å². The van der Waals surface area contributed by atoms with E-state index in [1.165, 1.54) is 6.07 Å². The lowest BCUT2D eigenvalue weighted by Gasteiger charge is -2.12. The average Bonchev–Trinajstić information content (AvgIpc) is 3.17. The molecule has 0 amide bonds. The van der Waals surface area contributed by atoms with Gasteiger partial charge in [0.05, 0.1) is 11.9 Å². The molecule has 0 spiro atoms. The van der Waals surface area contributed by atoms with Gasteiger partial charge >= 0.3 is 0 Å². The van der Waals surface area contributed by atoms with Crippen molar-refractivity contribution < 1.29 is 10.2 Å². The summed E-state index contributed by atoms with van der Waals surface area (Å²) >= 11 is 0. The van der Waals surface area contributed by atoms with Crippen molar-refractivity contribution in [2.75, 3.05) is 10.6 Å². The van der Waals surface area contributed by atoms with Crippen LogP contribution in [0.15, 0.2) is 61.1 Å². The Hall–Kier alpha value is -4.47. The van der Waals surface area contributed by atoms with Crippen molar-refractivity contribution in [1.82, 2.24) is 29.4 Å². The topological polar surface area (TPSA) is 128 Å². The fourth-order valence-corrected chi connectivity index (χ4v) is 3.81. The number of aromatic amines is 1. The maximum atomic E-state index is 10.0. The first-order chi connectivity index (χ1) is 16.1. The number of aromatic hydroxyl groups is 2. The average molecular weight is 442 g/mol. The highest BCUT2D eigenvalue weighted by Crippen LogP contribution is 2.30. The van der Waals surface area contributed by atoms with Gasteiger partial charge in [-0.15, -0.1) is 0 Å². The molecule has 33 heavy (non-hydrogen) atoms. The summed E-state index contributed by atoms with van der Waals surface area (Å²) in [5, 5.41) is 35.3. The van der Waals surface area contributed by atoms with Crippen molar-refractivity contribution in [3.8, 4) is 17.4 Å². The molecule has 5 N–H and O–H groups in total. The molecular formula is C23H22N8O2. The van der Waals surface area contributed by atoms with Crippen LogP contribution in [0.4, 0.5) is 17.3 Å². The number of nitrogens with one attached hydrogen (secondary N) is 3. The Labute approximate surface area is 188 Å². The van der Waals surface area contributed by atoms with Crippen molar-refractivity contribution >= 4 is 23.0 Å². The Kier molecular flexibility index (Phi) is 4.42. The van der Waals surface area contributed by atoms with E-state index in [1.54, 1.807) is 21.6 Å². The van der Waals surface area contributed by atoms with Crippen LogP contribution in [-0.4, -0.2) is 45.6 Å². The second kappa shape index (κ2) is 7.59. The van der Waals surface area contributed by atoms with E-state index in [9.17, 15) is 10.2 Å². The predicted molar refractivity (Wildman–Crippen MR) is 123 cm³/mol. The first kappa shape index (κ1) is 19.2. The largest absolute Gasteiger partial charge is 0.495 e. The molecule has 0 saturated heterocycles. The predicted octanol–water partition coefficient (Wildman–Crippen LogP) is 3.56. The third kappa shape index (κ3) is 3.82. The molecule has 10 nitrogen and oxygen atoms in total. The summed E-state index contributed by atoms with van der Waals surface area (Å²) in [5.41, 5.74) is 3.96. The summed E-state index contributed by atoms with van der Waals surface area (Å²) in [4.78, 5) is 7.31. The summed E-state index contributed by atoms with van der Waals surface area (Å²) < 4.78 is 3.59. The van der Waals surface area contributed by atoms with Gasteiger partial charge in [0.15, 0.2) is 17.4 Å². The van der Waals surface area contributed by atoms with E-state index in [0.717, 1.165) is 35.6 Å². The van der Waals surface area contributed by atoms with E-state index in [-0.39, 0.29) is 11.8 Å². The Balaban J connectivity index is 1.34. The zero-order valence-electron chi connectivity index (χ0n) is 17.6. The van der Waals surface area contributed by atoms with E-state index in [4.69, 9.17) is 4.98 Å². The van der Waals surface area contributed by atoms with Gasteiger partial charge in [-0.05, 0) is 43.2 Å². The van der Waals surface area contributed by atoms with Crippen LogP contribution >= 0.6 is 0 Å². The fourth-order valence-electron chi connectivity index (χ4n) is 3.81. The summed E-state index contributed by atoms with van der Waals surface area (Å²) in [5.74, 6) is 1.39. The Morgan fingerprint density at radius 1 is 1.06 bits per heavy atom. The molecule has 1 saturated carbocycles. The van der Waals surface area contributed by atoms with Crippen molar-refractivity contribution in [2.45, 2.75) is 25.3 Å². The lowest BCUT2D eigenvalue weighted by molar-refractivity contribution is 0.423. The van der Waals surface area contributed by atoms with Crippen LogP contribution in [0.1, 0.15) is 24.0 Å². The van der Waals surface area contributed by atoms with Crippen LogP contribution < -0.4 is 10.6 Å². The number of fused-ring (bicyclic) bond motifs is 1. The van der Waals surface area contributed by atoms with Gasteiger partial charge in [-0.3, -0.25) is 4.98 Å². The van der Waals surface area contributed by atoms with Crippen LogP contribution in [0.5, 0.6) is 11.8 Å². The molecule has 0 atom stereocenters. The van der Waals surface area contributed by atoms with E-state index in [1.807, 2.05) is 42.6 Å². The molecular weight excluding hydrogens is 420 g/mol. The molecule has 0 aliphatic heterocycles. The molecule has 0 radical (unpaired) electrons. The van der Waals surface area contributed by atoms with E-state index < -0.39 is 0 Å². The molecule has 5 aromatic rings. The second-order valence-electron chi connectivity index (χ2n) is 8.18. The number of aromatic nitrogens is 6. The van der Waals surface area contributed by atoms with Crippen LogP contribution in [0.25, 0.3) is 11.3 Å². The number of benzene rings is 1. The fraction of sp³-hybridized carbons (Fsp3) is 0.174. The molecule has 4 aromatic heterocycles. The highest BCUT2D eigenvalue weighted by Gasteiger charge is 2.23. The molecule has 4 heterocycles. The molecule has 1 aliphatic rings. The molecule has 1 fully saturated rings. The zero-order valence-corrected chi connectivity index (χ0v) is 17.6. The summed E-state index contributed by atoms with van der Waals surface area (Å²) in [6.45, 7) is 0. The van der Waals surface area contributed by atoms with E-state index in [2.05, 4.69) is 25.8 Å². The summed E-state index contributed by atoms with van der Waals surface area (Å²) in [6, 6.07) is 13.7. The van der Waals surface area contributed by atoms with Crippen LogP contribution in [-0.2, 0) is 6.42 Å². The normalized spacial score (nSPS) is 13.5. The zero-order chi connectivity index (χ0) is 22.4. The van der Waals surface area contributed by atoms with Gasteiger partial charge in [0, 0.05) is 53.8 Å². The Bertz CT molecular complexity index is 1420. The molecule has 6 rings (SSSR count). The third-order valence-corrected chi connectivity index (χ3v) is 5.63. The van der Waals surface area contributed by atoms with Gasteiger partial charge < -0.3 is 20.8 Å². The molecule has 10 heteroatoms. The summed E-state index contributed by atoms with van der Waals surface area (Å²) in [6.07, 6.45) is 8.03. The number of H-pyrrole nitrogens is 1. The Morgan fingerprint density at radius 2 is 1.91 bits per heavy atom. The minimum Gasteiger partial charge on any atom is -0.495 e. The van der Waals surface area contributed by atoms with Gasteiger partial charge in [-0.2, -0.15) is 14.7 Å². The highest BCUT2D eigenvalue weighted by atomic mass is 16.3. The van der Waals surface area contributed by atoms with Crippen LogP contribution in [0.2, 0.25) is 0 Å². The standard InChI is InChI=1S/C23H22N8O2/c32-21-11-14(23(33)29-21)10-15-13-25-31-20(27-17-2-3-17)12-19(28-22(15)31)26-16-4-6-18(7-5-16)30-9-1-8-24-30/h1,4-9,11-13,17,27,29,32-33H,2-3,10H2,(H,26,28). The number of hydrogen-bond acceptors (Lipinski definition) is 7. The quantitative estimate of drug-likeness (QED) is 0.261. The first-order valence-corrected chi connectivity index (χ1v) is 10.7. The lowest BCUT2D eigenvalue weighted by Crippen LogP contribution is -2.09. The van der Waals surface area contributed by atoms with E-state index in [0.29, 0.717) is 29.5 Å². The number of nitrogens with zero attached hydrogens (tertiary/aromatic N) is 5. The molecule has 0 bridgehead atoms. The third-order valence-electron chi connectivity index (χ3n) is 5.63. The minimum absolute atomic E-state index is 0.0604. The maximum absolute atomic E-state index is 10.0. The van der Waals surface area contributed by atoms with Crippen LogP contribution in [0, 0.1) is 0 Å². The van der Waals surface area contributed by atoms with Gasteiger partial charge in [0.2, 0.25) is 0 Å².